The molecule has 2 aliphatic heterocycles. The van der Waals surface area contributed by atoms with Gasteiger partial charge in [-0.05, 0) is 44.7 Å². The Morgan fingerprint density at radius 1 is 1.23 bits per heavy atom. The quantitative estimate of drug-likeness (QED) is 0.902. The summed E-state index contributed by atoms with van der Waals surface area (Å²) in [6.07, 6.45) is 6.01. The third-order valence-electron chi connectivity index (χ3n) is 6.70. The third kappa shape index (κ3) is 3.65. The van der Waals surface area contributed by atoms with E-state index in [1.54, 1.807) is 0 Å². The first-order chi connectivity index (χ1) is 12.5. The summed E-state index contributed by atoms with van der Waals surface area (Å²) in [6.45, 7) is 6.03. The zero-order valence-electron chi connectivity index (χ0n) is 15.9. The minimum absolute atomic E-state index is 0.153. The maximum atomic E-state index is 12.8. The molecular weight excluding hydrogens is 326 g/mol. The van der Waals surface area contributed by atoms with Gasteiger partial charge in [0.05, 0.1) is 11.3 Å². The van der Waals surface area contributed by atoms with E-state index in [0.29, 0.717) is 12.5 Å². The SMILES string of the molecule is Cc1cccc(CN2CC[C@@]3(O)CCN(C(=O)C4CCCC4)C[C@H]3C2)n1. The number of aryl methyl sites for hydroxylation is 1. The molecule has 0 spiro atoms. The molecule has 1 aromatic rings. The van der Waals surface area contributed by atoms with Gasteiger partial charge in [0, 0.05) is 50.3 Å². The molecule has 1 saturated carbocycles. The number of fused-ring (bicyclic) bond motifs is 1. The number of pyridine rings is 1. The molecule has 0 unspecified atom stereocenters. The van der Waals surface area contributed by atoms with Crippen LogP contribution in [0.2, 0.25) is 0 Å². The molecule has 3 aliphatic rings. The Morgan fingerprint density at radius 2 is 2.00 bits per heavy atom. The summed E-state index contributed by atoms with van der Waals surface area (Å²) in [5, 5.41) is 11.1. The zero-order chi connectivity index (χ0) is 18.1. The second kappa shape index (κ2) is 7.28. The third-order valence-corrected chi connectivity index (χ3v) is 6.70. The highest BCUT2D eigenvalue weighted by Gasteiger charge is 2.46. The van der Waals surface area contributed by atoms with Crippen molar-refractivity contribution in [3.63, 3.8) is 0 Å². The van der Waals surface area contributed by atoms with Gasteiger partial charge in [0.2, 0.25) is 5.91 Å². The molecule has 0 radical (unpaired) electrons. The van der Waals surface area contributed by atoms with Crippen LogP contribution >= 0.6 is 0 Å². The molecule has 1 aliphatic carbocycles. The fourth-order valence-electron chi connectivity index (χ4n) is 5.06. The van der Waals surface area contributed by atoms with Gasteiger partial charge in [0.15, 0.2) is 0 Å². The molecule has 0 bridgehead atoms. The average Bonchev–Trinajstić information content (AvgIpc) is 3.16. The van der Waals surface area contributed by atoms with Crippen molar-refractivity contribution < 1.29 is 9.90 Å². The van der Waals surface area contributed by atoms with E-state index >= 15 is 0 Å². The zero-order valence-corrected chi connectivity index (χ0v) is 15.9. The monoisotopic (exact) mass is 357 g/mol. The van der Waals surface area contributed by atoms with Gasteiger partial charge in [-0.1, -0.05) is 18.9 Å². The molecule has 1 N–H and O–H groups in total. The summed E-state index contributed by atoms with van der Waals surface area (Å²) in [5.41, 5.74) is 1.54. The molecule has 142 valence electrons. The Labute approximate surface area is 156 Å². The number of likely N-dealkylation sites (tertiary alicyclic amines) is 2. The highest BCUT2D eigenvalue weighted by atomic mass is 16.3. The Morgan fingerprint density at radius 3 is 2.77 bits per heavy atom. The Bertz CT molecular complexity index is 658. The lowest BCUT2D eigenvalue weighted by Crippen LogP contribution is -2.61. The predicted octanol–water partition coefficient (Wildman–Crippen LogP) is 2.37. The molecule has 5 heteroatoms. The van der Waals surface area contributed by atoms with Crippen molar-refractivity contribution in [1.29, 1.82) is 0 Å². The van der Waals surface area contributed by atoms with Crippen molar-refractivity contribution in [3.05, 3.63) is 29.6 Å². The lowest BCUT2D eigenvalue weighted by atomic mass is 9.75. The van der Waals surface area contributed by atoms with E-state index in [1.165, 1.54) is 12.8 Å². The first kappa shape index (κ1) is 17.9. The smallest absolute Gasteiger partial charge is 0.225 e. The second-order valence-corrected chi connectivity index (χ2v) is 8.57. The standard InChI is InChI=1S/C21H31N3O2/c1-16-5-4-8-19(22-16)15-23-11-9-21(26)10-12-24(14-18(21)13-23)20(25)17-6-2-3-7-17/h4-5,8,17-18,26H,2-3,6-7,9-15H2,1H3/t18-,21-/m1/s1. The molecule has 4 rings (SSSR count). The Balaban J connectivity index is 1.40. The molecule has 3 heterocycles. The summed E-state index contributed by atoms with van der Waals surface area (Å²) in [5.74, 6) is 0.722. The molecule has 5 nitrogen and oxygen atoms in total. The van der Waals surface area contributed by atoms with Crippen molar-refractivity contribution >= 4 is 5.91 Å². The number of aliphatic hydroxyl groups is 1. The van der Waals surface area contributed by atoms with Crippen molar-refractivity contribution in [2.24, 2.45) is 11.8 Å². The number of aromatic nitrogens is 1. The molecule has 26 heavy (non-hydrogen) atoms. The van der Waals surface area contributed by atoms with Crippen LogP contribution in [0.1, 0.15) is 49.9 Å². The lowest BCUT2D eigenvalue weighted by molar-refractivity contribution is -0.150. The van der Waals surface area contributed by atoms with Crippen molar-refractivity contribution in [2.75, 3.05) is 26.2 Å². The van der Waals surface area contributed by atoms with Crippen LogP contribution in [0.15, 0.2) is 18.2 Å². The summed E-state index contributed by atoms with van der Waals surface area (Å²) in [7, 11) is 0. The number of hydrogen-bond donors (Lipinski definition) is 1. The number of hydrogen-bond acceptors (Lipinski definition) is 4. The molecular formula is C21H31N3O2. The Kier molecular flexibility index (Phi) is 5.02. The largest absolute Gasteiger partial charge is 0.389 e. The van der Waals surface area contributed by atoms with E-state index in [0.717, 1.165) is 63.3 Å². The molecule has 3 fully saturated rings. The highest BCUT2D eigenvalue weighted by Crippen LogP contribution is 2.37. The van der Waals surface area contributed by atoms with E-state index < -0.39 is 5.60 Å². The predicted molar refractivity (Wildman–Crippen MR) is 100 cm³/mol. The number of piperidine rings is 2. The number of rotatable bonds is 3. The summed E-state index contributed by atoms with van der Waals surface area (Å²) in [4.78, 5) is 21.9. The normalized spacial score (nSPS) is 30.4. The first-order valence-electron chi connectivity index (χ1n) is 10.2. The van der Waals surface area contributed by atoms with Crippen LogP contribution in [0.3, 0.4) is 0 Å². The number of nitrogens with zero attached hydrogens (tertiary/aromatic N) is 3. The van der Waals surface area contributed by atoms with Crippen LogP contribution in [-0.2, 0) is 11.3 Å². The molecule has 1 aromatic heterocycles. The lowest BCUT2D eigenvalue weighted by Gasteiger charge is -2.50. The summed E-state index contributed by atoms with van der Waals surface area (Å²) < 4.78 is 0. The van der Waals surface area contributed by atoms with Gasteiger partial charge in [-0.25, -0.2) is 0 Å². The van der Waals surface area contributed by atoms with E-state index in [2.05, 4.69) is 22.0 Å². The minimum Gasteiger partial charge on any atom is -0.389 e. The molecule has 0 aromatic carbocycles. The fraction of sp³-hybridized carbons (Fsp3) is 0.714. The van der Waals surface area contributed by atoms with E-state index in [1.807, 2.05) is 17.9 Å². The van der Waals surface area contributed by atoms with Gasteiger partial charge in [-0.2, -0.15) is 0 Å². The van der Waals surface area contributed by atoms with Crippen molar-refractivity contribution in [2.45, 2.75) is 57.6 Å². The minimum atomic E-state index is -0.594. The fourth-order valence-corrected chi connectivity index (χ4v) is 5.06. The van der Waals surface area contributed by atoms with Crippen LogP contribution in [0.4, 0.5) is 0 Å². The van der Waals surface area contributed by atoms with Gasteiger partial charge in [-0.3, -0.25) is 14.7 Å². The van der Waals surface area contributed by atoms with Gasteiger partial charge < -0.3 is 10.0 Å². The summed E-state index contributed by atoms with van der Waals surface area (Å²) in [6, 6.07) is 6.15. The maximum Gasteiger partial charge on any atom is 0.225 e. The van der Waals surface area contributed by atoms with Crippen molar-refractivity contribution in [3.8, 4) is 0 Å². The average molecular weight is 357 g/mol. The van der Waals surface area contributed by atoms with Gasteiger partial charge in [-0.15, -0.1) is 0 Å². The molecule has 2 atom stereocenters. The van der Waals surface area contributed by atoms with E-state index in [4.69, 9.17) is 0 Å². The highest BCUT2D eigenvalue weighted by molar-refractivity contribution is 5.79. The second-order valence-electron chi connectivity index (χ2n) is 8.57. The van der Waals surface area contributed by atoms with Crippen LogP contribution in [0.5, 0.6) is 0 Å². The van der Waals surface area contributed by atoms with Crippen LogP contribution < -0.4 is 0 Å². The first-order valence-corrected chi connectivity index (χ1v) is 10.2. The Hall–Kier alpha value is -1.46. The van der Waals surface area contributed by atoms with Crippen LogP contribution in [-0.4, -0.2) is 57.6 Å². The summed E-state index contributed by atoms with van der Waals surface area (Å²) >= 11 is 0. The van der Waals surface area contributed by atoms with E-state index in [-0.39, 0.29) is 11.8 Å². The van der Waals surface area contributed by atoms with Gasteiger partial charge in [0.25, 0.3) is 0 Å². The topological polar surface area (TPSA) is 56.7 Å². The number of amides is 1. The van der Waals surface area contributed by atoms with Crippen LogP contribution in [0.25, 0.3) is 0 Å². The molecule has 2 saturated heterocycles. The van der Waals surface area contributed by atoms with E-state index in [9.17, 15) is 9.90 Å². The van der Waals surface area contributed by atoms with Crippen LogP contribution in [0, 0.1) is 18.8 Å². The van der Waals surface area contributed by atoms with Gasteiger partial charge >= 0.3 is 0 Å². The number of carbonyl (C=O) groups excluding carboxylic acids is 1. The number of carbonyl (C=O) groups is 1. The maximum absolute atomic E-state index is 12.8. The molecule has 1 amide bonds. The van der Waals surface area contributed by atoms with Crippen molar-refractivity contribution in [1.82, 2.24) is 14.8 Å². The van der Waals surface area contributed by atoms with Gasteiger partial charge in [0.1, 0.15) is 0 Å².